The second-order valence-electron chi connectivity index (χ2n) is 1.42. The molecule has 1 aromatic heterocycles. The fraction of sp³-hybridized carbons (Fsp3) is 0.200. The lowest BCUT2D eigenvalue weighted by molar-refractivity contribution is 0.392. The van der Waals surface area contributed by atoms with E-state index >= 15 is 0 Å². The Morgan fingerprint density at radius 1 is 1.67 bits per heavy atom. The highest BCUT2D eigenvalue weighted by atomic mass is 35.5. The molecule has 9 heavy (non-hydrogen) atoms. The van der Waals surface area contributed by atoms with Gasteiger partial charge >= 0.3 is 0 Å². The standard InChI is InChI=1S/C5H5ClN2O/c1-9-5-2-4(6)3-7-8-5/h2-3H,1H3. The molecule has 0 saturated heterocycles. The van der Waals surface area contributed by atoms with Crippen molar-refractivity contribution in [2.24, 2.45) is 0 Å². The molecule has 0 amide bonds. The molecule has 0 aromatic carbocycles. The summed E-state index contributed by atoms with van der Waals surface area (Å²) in [5.74, 6) is 0.433. The largest absolute Gasteiger partial charge is 0.480 e. The van der Waals surface area contributed by atoms with Gasteiger partial charge in [0.05, 0.1) is 18.3 Å². The van der Waals surface area contributed by atoms with Gasteiger partial charge in [0.15, 0.2) is 0 Å². The van der Waals surface area contributed by atoms with Crippen LogP contribution in [0.25, 0.3) is 0 Å². The van der Waals surface area contributed by atoms with Crippen molar-refractivity contribution in [1.82, 2.24) is 10.2 Å². The summed E-state index contributed by atoms with van der Waals surface area (Å²) in [5, 5.41) is 7.68. The molecular weight excluding hydrogens is 140 g/mol. The maximum atomic E-state index is 5.54. The minimum atomic E-state index is 0.433. The van der Waals surface area contributed by atoms with Crippen LogP contribution in [0.2, 0.25) is 5.02 Å². The quantitative estimate of drug-likeness (QED) is 0.593. The predicted molar refractivity (Wildman–Crippen MR) is 33.6 cm³/mol. The van der Waals surface area contributed by atoms with Gasteiger partial charge in [0.25, 0.3) is 0 Å². The molecule has 0 atom stereocenters. The van der Waals surface area contributed by atoms with Gasteiger partial charge < -0.3 is 4.74 Å². The molecule has 0 unspecified atom stereocenters. The first-order valence-corrected chi connectivity index (χ1v) is 2.73. The van der Waals surface area contributed by atoms with Crippen LogP contribution in [0.4, 0.5) is 0 Å². The Morgan fingerprint density at radius 2 is 2.44 bits per heavy atom. The average molecular weight is 145 g/mol. The van der Waals surface area contributed by atoms with E-state index in [1.807, 2.05) is 0 Å². The predicted octanol–water partition coefficient (Wildman–Crippen LogP) is 1.14. The van der Waals surface area contributed by atoms with E-state index in [2.05, 4.69) is 10.2 Å². The van der Waals surface area contributed by atoms with Crippen molar-refractivity contribution >= 4 is 11.6 Å². The molecule has 0 bridgehead atoms. The summed E-state index contributed by atoms with van der Waals surface area (Å²) < 4.78 is 4.74. The van der Waals surface area contributed by atoms with E-state index in [0.29, 0.717) is 10.9 Å². The topological polar surface area (TPSA) is 35.0 Å². The smallest absolute Gasteiger partial charge is 0.234 e. The van der Waals surface area contributed by atoms with Gasteiger partial charge in [-0.1, -0.05) is 11.6 Å². The van der Waals surface area contributed by atoms with Crippen molar-refractivity contribution < 1.29 is 4.74 Å². The van der Waals surface area contributed by atoms with Crippen LogP contribution in [0.1, 0.15) is 0 Å². The molecule has 4 heteroatoms. The molecule has 1 rings (SSSR count). The van der Waals surface area contributed by atoms with E-state index in [-0.39, 0.29) is 0 Å². The zero-order chi connectivity index (χ0) is 6.69. The van der Waals surface area contributed by atoms with Crippen molar-refractivity contribution in [2.45, 2.75) is 0 Å². The Labute approximate surface area is 57.6 Å². The van der Waals surface area contributed by atoms with Crippen molar-refractivity contribution in [2.75, 3.05) is 7.11 Å². The third-order valence-electron chi connectivity index (χ3n) is 0.808. The molecule has 0 saturated carbocycles. The van der Waals surface area contributed by atoms with Gasteiger partial charge in [0, 0.05) is 6.07 Å². The molecule has 1 heterocycles. The fourth-order valence-corrected chi connectivity index (χ4v) is 0.562. The number of rotatable bonds is 1. The Bertz CT molecular complexity index is 204. The van der Waals surface area contributed by atoms with E-state index in [1.165, 1.54) is 13.3 Å². The molecular formula is C5H5ClN2O. The maximum Gasteiger partial charge on any atom is 0.234 e. The van der Waals surface area contributed by atoms with Crippen molar-refractivity contribution in [1.29, 1.82) is 0 Å². The third-order valence-corrected chi connectivity index (χ3v) is 1.01. The van der Waals surface area contributed by atoms with Crippen LogP contribution < -0.4 is 4.74 Å². The molecule has 0 aliphatic rings. The highest BCUT2D eigenvalue weighted by Crippen LogP contribution is 2.10. The second kappa shape index (κ2) is 2.64. The minimum Gasteiger partial charge on any atom is -0.480 e. The Morgan fingerprint density at radius 3 is 2.89 bits per heavy atom. The van der Waals surface area contributed by atoms with E-state index in [9.17, 15) is 0 Å². The van der Waals surface area contributed by atoms with Gasteiger partial charge in [-0.2, -0.15) is 5.10 Å². The molecule has 0 aliphatic carbocycles. The summed E-state index contributed by atoms with van der Waals surface area (Å²) in [4.78, 5) is 0. The second-order valence-corrected chi connectivity index (χ2v) is 1.85. The van der Waals surface area contributed by atoms with Crippen LogP contribution >= 0.6 is 11.6 Å². The lowest BCUT2D eigenvalue weighted by Crippen LogP contribution is -1.88. The van der Waals surface area contributed by atoms with Gasteiger partial charge in [-0.3, -0.25) is 0 Å². The molecule has 1 aromatic rings. The van der Waals surface area contributed by atoms with Gasteiger partial charge in [0.1, 0.15) is 0 Å². The zero-order valence-corrected chi connectivity index (χ0v) is 5.59. The lowest BCUT2D eigenvalue weighted by atomic mass is 10.6. The van der Waals surface area contributed by atoms with Gasteiger partial charge in [-0.25, -0.2) is 0 Å². The van der Waals surface area contributed by atoms with Crippen LogP contribution in [0.15, 0.2) is 12.3 Å². The first-order valence-electron chi connectivity index (χ1n) is 2.35. The SMILES string of the molecule is COc1cc(Cl)cnn1. The molecule has 0 spiro atoms. The summed E-state index contributed by atoms with van der Waals surface area (Å²) in [5.41, 5.74) is 0. The zero-order valence-electron chi connectivity index (χ0n) is 4.84. The first kappa shape index (κ1) is 6.29. The van der Waals surface area contributed by atoms with Crippen LogP contribution in [0, 0.1) is 0 Å². The monoisotopic (exact) mass is 144 g/mol. The summed E-state index contributed by atoms with van der Waals surface area (Å²) in [6.07, 6.45) is 1.45. The van der Waals surface area contributed by atoms with Gasteiger partial charge in [-0.05, 0) is 0 Å². The molecule has 3 nitrogen and oxygen atoms in total. The summed E-state index contributed by atoms with van der Waals surface area (Å²) in [6.45, 7) is 0. The molecule has 0 N–H and O–H groups in total. The highest BCUT2D eigenvalue weighted by Gasteiger charge is 1.91. The summed E-state index contributed by atoms with van der Waals surface area (Å²) in [6, 6.07) is 1.59. The number of halogens is 1. The number of nitrogens with zero attached hydrogens (tertiary/aromatic N) is 2. The first-order chi connectivity index (χ1) is 4.33. The number of ether oxygens (including phenoxy) is 1. The van der Waals surface area contributed by atoms with E-state index in [0.717, 1.165) is 0 Å². The van der Waals surface area contributed by atoms with Gasteiger partial charge in [0.2, 0.25) is 5.88 Å². The van der Waals surface area contributed by atoms with E-state index in [4.69, 9.17) is 16.3 Å². The minimum absolute atomic E-state index is 0.433. The van der Waals surface area contributed by atoms with Crippen molar-refractivity contribution in [3.05, 3.63) is 17.3 Å². The van der Waals surface area contributed by atoms with E-state index < -0.39 is 0 Å². The van der Waals surface area contributed by atoms with Crippen LogP contribution in [-0.4, -0.2) is 17.3 Å². The van der Waals surface area contributed by atoms with Crippen molar-refractivity contribution in [3.8, 4) is 5.88 Å². The average Bonchev–Trinajstić information content (AvgIpc) is 1.88. The number of aromatic nitrogens is 2. The van der Waals surface area contributed by atoms with Gasteiger partial charge in [-0.15, -0.1) is 5.10 Å². The molecule has 0 aliphatic heterocycles. The lowest BCUT2D eigenvalue weighted by Gasteiger charge is -1.93. The van der Waals surface area contributed by atoms with Crippen LogP contribution in [0.5, 0.6) is 5.88 Å². The maximum absolute atomic E-state index is 5.54. The van der Waals surface area contributed by atoms with Crippen LogP contribution in [-0.2, 0) is 0 Å². The summed E-state index contributed by atoms with van der Waals surface area (Å²) >= 11 is 5.54. The number of methoxy groups -OCH3 is 1. The highest BCUT2D eigenvalue weighted by molar-refractivity contribution is 6.30. The Balaban J connectivity index is 2.94. The summed E-state index contributed by atoms with van der Waals surface area (Å²) in [7, 11) is 1.51. The number of hydrogen-bond donors (Lipinski definition) is 0. The number of hydrogen-bond acceptors (Lipinski definition) is 3. The fourth-order valence-electron chi connectivity index (χ4n) is 0.425. The third kappa shape index (κ3) is 1.54. The molecule has 0 fully saturated rings. The Kier molecular flexibility index (Phi) is 1.85. The van der Waals surface area contributed by atoms with Crippen molar-refractivity contribution in [3.63, 3.8) is 0 Å². The normalized spacial score (nSPS) is 9.11. The van der Waals surface area contributed by atoms with E-state index in [1.54, 1.807) is 6.07 Å². The molecule has 0 radical (unpaired) electrons. The molecule has 48 valence electrons. The van der Waals surface area contributed by atoms with Crippen LogP contribution in [0.3, 0.4) is 0 Å². The Hall–Kier alpha value is -0.830.